The van der Waals surface area contributed by atoms with Crippen LogP contribution in [0.5, 0.6) is 0 Å². The van der Waals surface area contributed by atoms with Gasteiger partial charge in [0, 0.05) is 11.0 Å². The molecule has 1 aliphatic carbocycles. The Bertz CT molecular complexity index is 499. The first-order valence-electron chi connectivity index (χ1n) is 6.93. The van der Waals surface area contributed by atoms with E-state index in [1.807, 2.05) is 12.1 Å². The zero-order valence-electron chi connectivity index (χ0n) is 11.7. The van der Waals surface area contributed by atoms with Crippen LogP contribution < -0.4 is 5.32 Å². The first-order chi connectivity index (χ1) is 9.70. The van der Waals surface area contributed by atoms with Gasteiger partial charge in [-0.05, 0) is 49.4 Å². The summed E-state index contributed by atoms with van der Waals surface area (Å²) in [5.41, 5.74) is 1.73. The van der Waals surface area contributed by atoms with E-state index in [0.717, 1.165) is 29.0 Å². The largest absolute Gasteiger partial charge is 0.465 e. The molecular weight excluding hydrogens is 318 g/mol. The number of carbonyl (C=O) groups is 1. The lowest BCUT2D eigenvalue weighted by molar-refractivity contribution is 0.0600. The summed E-state index contributed by atoms with van der Waals surface area (Å²) < 4.78 is 5.65. The number of hydrogen-bond acceptors (Lipinski definition) is 3. The monoisotopic (exact) mass is 337 g/mol. The van der Waals surface area contributed by atoms with Crippen LogP contribution in [0.15, 0.2) is 34.8 Å². The summed E-state index contributed by atoms with van der Waals surface area (Å²) in [5, 5.41) is 3.49. The number of esters is 1. The van der Waals surface area contributed by atoms with E-state index in [2.05, 4.69) is 33.4 Å². The maximum atomic E-state index is 11.4. The normalized spacial score (nSPS) is 18.0. The van der Waals surface area contributed by atoms with Gasteiger partial charge in [0.05, 0.1) is 12.7 Å². The third-order valence-electron chi connectivity index (χ3n) is 3.60. The van der Waals surface area contributed by atoms with Crippen molar-refractivity contribution in [2.45, 2.75) is 25.8 Å². The van der Waals surface area contributed by atoms with Gasteiger partial charge in [-0.25, -0.2) is 4.79 Å². The highest BCUT2D eigenvalue weighted by Gasteiger charge is 2.11. The van der Waals surface area contributed by atoms with Gasteiger partial charge in [0.15, 0.2) is 0 Å². The highest BCUT2D eigenvalue weighted by Crippen LogP contribution is 2.20. The second-order valence-electron chi connectivity index (χ2n) is 5.08. The first-order valence-corrected chi connectivity index (χ1v) is 7.72. The predicted molar refractivity (Wildman–Crippen MR) is 83.7 cm³/mol. The Morgan fingerprint density at radius 2 is 2.30 bits per heavy atom. The Morgan fingerprint density at radius 1 is 1.45 bits per heavy atom. The van der Waals surface area contributed by atoms with E-state index in [9.17, 15) is 4.79 Å². The molecule has 0 saturated carbocycles. The maximum absolute atomic E-state index is 11.4. The Balaban J connectivity index is 1.86. The van der Waals surface area contributed by atoms with Crippen molar-refractivity contribution in [1.29, 1.82) is 0 Å². The highest BCUT2D eigenvalue weighted by molar-refractivity contribution is 9.10. The number of hydrogen-bond donors (Lipinski definition) is 1. The number of ether oxygens (including phenoxy) is 1. The van der Waals surface area contributed by atoms with E-state index in [0.29, 0.717) is 5.56 Å². The average molecular weight is 338 g/mol. The number of methoxy groups -OCH3 is 1. The summed E-state index contributed by atoms with van der Waals surface area (Å²) in [6.45, 7) is 1.85. The quantitative estimate of drug-likeness (QED) is 0.657. The Hall–Kier alpha value is -1.13. The molecule has 0 heterocycles. The summed E-state index contributed by atoms with van der Waals surface area (Å²) in [6.07, 6.45) is 8.18. The molecule has 1 aromatic rings. The molecule has 2 rings (SSSR count). The minimum absolute atomic E-state index is 0.306. The molecule has 0 amide bonds. The molecule has 0 fully saturated rings. The summed E-state index contributed by atoms with van der Waals surface area (Å²) in [6, 6.07) is 5.58. The third kappa shape index (κ3) is 4.18. The van der Waals surface area contributed by atoms with Gasteiger partial charge in [-0.15, -0.1) is 0 Å². The topological polar surface area (TPSA) is 38.3 Å². The molecule has 0 spiro atoms. The van der Waals surface area contributed by atoms with Crippen LogP contribution in [0.4, 0.5) is 0 Å². The molecule has 4 heteroatoms. The number of allylic oxidation sites excluding steroid dienone is 2. The van der Waals surface area contributed by atoms with Crippen molar-refractivity contribution in [1.82, 2.24) is 5.32 Å². The van der Waals surface area contributed by atoms with Crippen LogP contribution in [0.1, 0.15) is 35.2 Å². The van der Waals surface area contributed by atoms with E-state index in [-0.39, 0.29) is 5.97 Å². The lowest BCUT2D eigenvalue weighted by Gasteiger charge is -2.18. The van der Waals surface area contributed by atoms with Gasteiger partial charge in [0.1, 0.15) is 0 Å². The Morgan fingerprint density at radius 3 is 2.95 bits per heavy atom. The van der Waals surface area contributed by atoms with Crippen molar-refractivity contribution in [2.75, 3.05) is 13.7 Å². The first kappa shape index (κ1) is 15.3. The van der Waals surface area contributed by atoms with Gasteiger partial charge in [-0.3, -0.25) is 0 Å². The third-order valence-corrected chi connectivity index (χ3v) is 4.34. The Labute approximate surface area is 128 Å². The van der Waals surface area contributed by atoms with Crippen LogP contribution in [0, 0.1) is 5.92 Å². The molecule has 3 nitrogen and oxygen atoms in total. The lowest BCUT2D eigenvalue weighted by atomic mass is 9.94. The summed E-state index contributed by atoms with van der Waals surface area (Å²) in [4.78, 5) is 11.4. The number of carbonyl (C=O) groups excluding carboxylic acids is 1. The van der Waals surface area contributed by atoms with Crippen LogP contribution in [0.25, 0.3) is 0 Å². The zero-order valence-corrected chi connectivity index (χ0v) is 13.3. The van der Waals surface area contributed by atoms with Crippen molar-refractivity contribution in [3.05, 3.63) is 46.0 Å². The smallest absolute Gasteiger partial charge is 0.337 e. The van der Waals surface area contributed by atoms with Crippen LogP contribution in [-0.2, 0) is 11.3 Å². The summed E-state index contributed by atoms with van der Waals surface area (Å²) >= 11 is 3.51. The Kier molecular flexibility index (Phi) is 5.80. The number of halogens is 1. The molecule has 0 aromatic heterocycles. The zero-order chi connectivity index (χ0) is 14.4. The van der Waals surface area contributed by atoms with Gasteiger partial charge < -0.3 is 10.1 Å². The fourth-order valence-electron chi connectivity index (χ4n) is 2.39. The lowest BCUT2D eigenvalue weighted by Crippen LogP contribution is -2.23. The van der Waals surface area contributed by atoms with E-state index in [1.54, 1.807) is 6.07 Å². The van der Waals surface area contributed by atoms with E-state index in [4.69, 9.17) is 4.74 Å². The number of nitrogens with one attached hydrogen (secondary N) is 1. The predicted octanol–water partition coefficient (Wildman–Crippen LogP) is 3.68. The molecular formula is C16H20BrNO2. The van der Waals surface area contributed by atoms with Gasteiger partial charge in [-0.2, -0.15) is 0 Å². The molecule has 1 atom stereocenters. The molecule has 0 aliphatic heterocycles. The van der Waals surface area contributed by atoms with E-state index >= 15 is 0 Å². The molecule has 1 N–H and O–H groups in total. The molecule has 0 saturated heterocycles. The molecule has 108 valence electrons. The van der Waals surface area contributed by atoms with Crippen LogP contribution in [0.3, 0.4) is 0 Å². The van der Waals surface area contributed by atoms with E-state index < -0.39 is 0 Å². The maximum Gasteiger partial charge on any atom is 0.337 e. The summed E-state index contributed by atoms with van der Waals surface area (Å²) in [7, 11) is 1.39. The van der Waals surface area contributed by atoms with Crippen molar-refractivity contribution in [2.24, 2.45) is 5.92 Å². The fourth-order valence-corrected chi connectivity index (χ4v) is 2.91. The molecule has 1 unspecified atom stereocenters. The van der Waals surface area contributed by atoms with Crippen molar-refractivity contribution in [3.8, 4) is 0 Å². The standard InChI is InChI=1S/C16H20BrNO2/c1-20-16(19)13-7-8-14(15(17)9-13)11-18-10-12-5-3-2-4-6-12/h2-3,7-9,12,18H,4-6,10-11H2,1H3. The SMILES string of the molecule is COC(=O)c1ccc(CNCC2CC=CCC2)c(Br)c1. The summed E-state index contributed by atoms with van der Waals surface area (Å²) in [5.74, 6) is 0.437. The minimum Gasteiger partial charge on any atom is -0.465 e. The van der Waals surface area contributed by atoms with Gasteiger partial charge in [0.2, 0.25) is 0 Å². The average Bonchev–Trinajstić information content (AvgIpc) is 2.49. The van der Waals surface area contributed by atoms with Crippen molar-refractivity contribution < 1.29 is 9.53 Å². The van der Waals surface area contributed by atoms with E-state index in [1.165, 1.54) is 26.4 Å². The molecule has 0 bridgehead atoms. The number of benzene rings is 1. The molecule has 20 heavy (non-hydrogen) atoms. The second kappa shape index (κ2) is 7.60. The minimum atomic E-state index is -0.306. The number of rotatable bonds is 5. The van der Waals surface area contributed by atoms with Crippen LogP contribution in [0.2, 0.25) is 0 Å². The van der Waals surface area contributed by atoms with Gasteiger partial charge >= 0.3 is 5.97 Å². The highest BCUT2D eigenvalue weighted by atomic mass is 79.9. The van der Waals surface area contributed by atoms with Crippen molar-refractivity contribution >= 4 is 21.9 Å². The van der Waals surface area contributed by atoms with Gasteiger partial charge in [-0.1, -0.05) is 34.1 Å². The molecule has 0 radical (unpaired) electrons. The van der Waals surface area contributed by atoms with Crippen molar-refractivity contribution in [3.63, 3.8) is 0 Å². The molecule has 1 aromatic carbocycles. The fraction of sp³-hybridized carbons (Fsp3) is 0.438. The van der Waals surface area contributed by atoms with Crippen LogP contribution in [-0.4, -0.2) is 19.6 Å². The molecule has 1 aliphatic rings. The van der Waals surface area contributed by atoms with Gasteiger partial charge in [0.25, 0.3) is 0 Å². The van der Waals surface area contributed by atoms with Crippen LogP contribution >= 0.6 is 15.9 Å². The second-order valence-corrected chi connectivity index (χ2v) is 5.93.